The second kappa shape index (κ2) is 14.7. The molecule has 51 heavy (non-hydrogen) atoms. The van der Waals surface area contributed by atoms with Gasteiger partial charge in [0.2, 0.25) is 0 Å². The van der Waals surface area contributed by atoms with Crippen LogP contribution in [0.3, 0.4) is 0 Å². The number of hydrogen-bond acceptors (Lipinski definition) is 7. The third kappa shape index (κ3) is 7.95. The normalized spacial score (nSPS) is 16.3. The van der Waals surface area contributed by atoms with E-state index >= 15 is 0 Å². The molecule has 0 bridgehead atoms. The van der Waals surface area contributed by atoms with E-state index in [2.05, 4.69) is 38.0 Å². The Morgan fingerprint density at radius 3 is 2.12 bits per heavy atom. The van der Waals surface area contributed by atoms with Crippen LogP contribution in [0.5, 0.6) is 0 Å². The number of fused-ring (bicyclic) bond motifs is 1. The van der Waals surface area contributed by atoms with Crippen molar-refractivity contribution >= 4 is 11.8 Å². The van der Waals surface area contributed by atoms with Crippen molar-refractivity contribution in [3.8, 4) is 11.1 Å². The monoisotopic (exact) mass is 717 g/mol. The maximum atomic E-state index is 13.6. The number of alkyl halides is 3. The van der Waals surface area contributed by atoms with Crippen LogP contribution in [-0.4, -0.2) is 67.3 Å². The van der Waals surface area contributed by atoms with Gasteiger partial charge in [0.25, 0.3) is 5.56 Å². The Morgan fingerprint density at radius 2 is 1.47 bits per heavy atom. The Hall–Kier alpha value is -4.33. The highest BCUT2D eigenvalue weighted by Crippen LogP contribution is 2.32. The highest BCUT2D eigenvalue weighted by molar-refractivity contribution is 7.98. The molecular formula is C38H39F4N7OS. The van der Waals surface area contributed by atoms with E-state index < -0.39 is 11.7 Å². The molecule has 0 radical (unpaired) electrons. The maximum Gasteiger partial charge on any atom is 0.416 e. The van der Waals surface area contributed by atoms with Crippen molar-refractivity contribution in [3.05, 3.63) is 129 Å². The van der Waals surface area contributed by atoms with E-state index in [4.69, 9.17) is 10.2 Å². The second-order valence-corrected chi connectivity index (χ2v) is 14.5. The van der Waals surface area contributed by atoms with Crippen LogP contribution in [0.25, 0.3) is 11.1 Å². The fraction of sp³-hybridized carbons (Fsp3) is 0.368. The number of rotatable bonds is 11. The molecule has 5 aromatic rings. The first-order valence-electron chi connectivity index (χ1n) is 17.1. The first kappa shape index (κ1) is 35.1. The summed E-state index contributed by atoms with van der Waals surface area (Å²) in [5, 5.41) is 10.0. The molecule has 0 spiro atoms. The summed E-state index contributed by atoms with van der Waals surface area (Å²) in [6.45, 7) is 3.38. The standard InChI is InChI=1S/C38H39F4N7OS/c1-46(2)31-18-19-47(21-31)22-34-44-45-35(49(34)20-25-6-10-27(11-7-25)28-12-14-29(15-13-28)38(40,41)42)23-48-33-5-3-4-32(33)36(50)43-37(48)51-24-26-8-16-30(39)17-9-26/h6-17,31H,3-5,18-24H2,1-2H3/t31-/m0/s1. The molecule has 1 atom stereocenters. The lowest BCUT2D eigenvalue weighted by Crippen LogP contribution is -2.31. The van der Waals surface area contributed by atoms with E-state index in [0.29, 0.717) is 48.6 Å². The van der Waals surface area contributed by atoms with Crippen molar-refractivity contribution in [3.63, 3.8) is 0 Å². The molecule has 1 aliphatic carbocycles. The molecule has 1 aliphatic heterocycles. The molecule has 0 N–H and O–H groups in total. The summed E-state index contributed by atoms with van der Waals surface area (Å²) >= 11 is 1.45. The van der Waals surface area contributed by atoms with Crippen LogP contribution in [0.2, 0.25) is 0 Å². The van der Waals surface area contributed by atoms with Crippen LogP contribution < -0.4 is 5.56 Å². The van der Waals surface area contributed by atoms with Crippen molar-refractivity contribution in [2.24, 2.45) is 0 Å². The highest BCUT2D eigenvalue weighted by Gasteiger charge is 2.30. The van der Waals surface area contributed by atoms with E-state index in [0.717, 1.165) is 84.1 Å². The molecule has 7 rings (SSSR count). The minimum Gasteiger partial charge on any atom is -0.316 e. The van der Waals surface area contributed by atoms with Crippen molar-refractivity contribution in [1.29, 1.82) is 0 Å². The lowest BCUT2D eigenvalue weighted by atomic mass is 10.0. The number of benzene rings is 3. The van der Waals surface area contributed by atoms with Gasteiger partial charge < -0.3 is 14.0 Å². The second-order valence-electron chi connectivity index (χ2n) is 13.5. The zero-order valence-corrected chi connectivity index (χ0v) is 29.4. The molecule has 2 aromatic heterocycles. The molecule has 3 aromatic carbocycles. The summed E-state index contributed by atoms with van der Waals surface area (Å²) in [6, 6.07) is 19.8. The molecule has 8 nitrogen and oxygen atoms in total. The largest absolute Gasteiger partial charge is 0.416 e. The van der Waals surface area contributed by atoms with Crippen molar-refractivity contribution in [1.82, 2.24) is 34.1 Å². The predicted molar refractivity (Wildman–Crippen MR) is 189 cm³/mol. The summed E-state index contributed by atoms with van der Waals surface area (Å²) in [5.41, 5.74) is 4.30. The van der Waals surface area contributed by atoms with Gasteiger partial charge in [0.1, 0.15) is 11.6 Å². The van der Waals surface area contributed by atoms with Gasteiger partial charge in [-0.1, -0.05) is 60.3 Å². The molecule has 266 valence electrons. The lowest BCUT2D eigenvalue weighted by Gasteiger charge is -2.21. The van der Waals surface area contributed by atoms with Gasteiger partial charge in [-0.25, -0.2) is 4.39 Å². The van der Waals surface area contributed by atoms with Gasteiger partial charge in [-0.3, -0.25) is 9.69 Å². The average molecular weight is 718 g/mol. The fourth-order valence-electron chi connectivity index (χ4n) is 6.93. The SMILES string of the molecule is CN(C)[C@H]1CCN(Cc2nnc(Cn3c(SCc4ccc(F)cc4)nc(=O)c4c3CCC4)n2Cc2ccc(-c3ccc(C(F)(F)F)cc3)cc2)C1. The van der Waals surface area contributed by atoms with E-state index in [1.54, 1.807) is 12.1 Å². The van der Waals surface area contributed by atoms with Gasteiger partial charge in [-0.05, 0) is 86.3 Å². The number of halogens is 4. The van der Waals surface area contributed by atoms with Crippen molar-refractivity contribution < 1.29 is 17.6 Å². The maximum absolute atomic E-state index is 13.6. The van der Waals surface area contributed by atoms with Crippen LogP contribution in [0, 0.1) is 5.82 Å². The lowest BCUT2D eigenvalue weighted by molar-refractivity contribution is -0.137. The smallest absolute Gasteiger partial charge is 0.316 e. The minimum atomic E-state index is -4.38. The fourth-order valence-corrected chi connectivity index (χ4v) is 7.90. The quantitative estimate of drug-likeness (QED) is 0.0859. The number of likely N-dealkylation sites (N-methyl/N-ethyl adjacent to an activating group) is 1. The minimum absolute atomic E-state index is 0.194. The summed E-state index contributed by atoms with van der Waals surface area (Å²) < 4.78 is 57.2. The molecule has 0 amide bonds. The van der Waals surface area contributed by atoms with Crippen LogP contribution in [0.4, 0.5) is 17.6 Å². The Labute approximate surface area is 298 Å². The summed E-state index contributed by atoms with van der Waals surface area (Å²) in [7, 11) is 4.21. The molecule has 0 unspecified atom stereocenters. The van der Waals surface area contributed by atoms with E-state index in [9.17, 15) is 22.4 Å². The number of likely N-dealkylation sites (tertiary alicyclic amines) is 1. The van der Waals surface area contributed by atoms with Gasteiger partial charge in [-0.2, -0.15) is 18.2 Å². The molecule has 13 heteroatoms. The van der Waals surface area contributed by atoms with Gasteiger partial charge in [-0.15, -0.1) is 10.2 Å². The Balaban J connectivity index is 1.19. The number of hydrogen-bond donors (Lipinski definition) is 0. The molecule has 0 saturated carbocycles. The van der Waals surface area contributed by atoms with Crippen molar-refractivity contribution in [2.45, 2.75) is 68.4 Å². The third-order valence-corrected chi connectivity index (χ3v) is 10.9. The van der Waals surface area contributed by atoms with Gasteiger partial charge >= 0.3 is 6.18 Å². The van der Waals surface area contributed by atoms with Gasteiger partial charge in [0.15, 0.2) is 11.0 Å². The topological polar surface area (TPSA) is 72.1 Å². The average Bonchev–Trinajstić information content (AvgIpc) is 3.88. The Morgan fingerprint density at radius 1 is 0.824 bits per heavy atom. The highest BCUT2D eigenvalue weighted by atomic mass is 32.2. The summed E-state index contributed by atoms with van der Waals surface area (Å²) in [5.74, 6) is 1.80. The number of thioether (sulfide) groups is 1. The number of aromatic nitrogens is 5. The van der Waals surface area contributed by atoms with Crippen LogP contribution in [0.1, 0.15) is 52.4 Å². The molecule has 3 heterocycles. The molecule has 1 fully saturated rings. The van der Waals surface area contributed by atoms with Crippen LogP contribution in [0.15, 0.2) is 82.7 Å². The van der Waals surface area contributed by atoms with Crippen molar-refractivity contribution in [2.75, 3.05) is 27.2 Å². The first-order valence-corrected chi connectivity index (χ1v) is 18.1. The summed E-state index contributed by atoms with van der Waals surface area (Å²) in [4.78, 5) is 22.3. The predicted octanol–water partition coefficient (Wildman–Crippen LogP) is 6.67. The third-order valence-electron chi connectivity index (χ3n) is 9.87. The Bertz CT molecular complexity index is 2040. The molecule has 2 aliphatic rings. The number of nitrogens with zero attached hydrogens (tertiary/aromatic N) is 7. The van der Waals surface area contributed by atoms with Gasteiger partial charge in [0.05, 0.1) is 25.2 Å². The Kier molecular flexibility index (Phi) is 10.1. The van der Waals surface area contributed by atoms with Crippen LogP contribution in [-0.2, 0) is 44.4 Å². The van der Waals surface area contributed by atoms with E-state index in [1.165, 1.54) is 36.0 Å². The molecular weight excluding hydrogens is 679 g/mol. The van der Waals surface area contributed by atoms with E-state index in [-0.39, 0.29) is 11.4 Å². The first-order chi connectivity index (χ1) is 24.5. The summed E-state index contributed by atoms with van der Waals surface area (Å²) in [6.07, 6.45) is -0.974. The van der Waals surface area contributed by atoms with E-state index in [1.807, 2.05) is 24.3 Å². The zero-order chi connectivity index (χ0) is 35.7. The zero-order valence-electron chi connectivity index (χ0n) is 28.5. The molecule has 1 saturated heterocycles. The van der Waals surface area contributed by atoms with Crippen LogP contribution >= 0.6 is 11.8 Å². The van der Waals surface area contributed by atoms with Gasteiger partial charge in [0, 0.05) is 36.1 Å².